The van der Waals surface area contributed by atoms with Gasteiger partial charge in [0.1, 0.15) is 11.9 Å². The molecule has 0 aromatic carbocycles. The number of nitrogen functional groups attached to an aromatic ring is 1. The summed E-state index contributed by atoms with van der Waals surface area (Å²) in [6, 6.07) is 0. The lowest BCUT2D eigenvalue weighted by atomic mass is 10.5. The Kier molecular flexibility index (Phi) is 4.29. The van der Waals surface area contributed by atoms with Gasteiger partial charge in [0.05, 0.1) is 16.3 Å². The standard InChI is InChI=1S/C5H7N3.CH4O3S/c1-4-5(6)8-3-2-7-4;1-5(2,3)4/h2-3H,1H3,(H2,6,8);1H3,(H,2,3,4). The third-order valence-electron chi connectivity index (χ3n) is 0.971. The second-order valence-electron chi connectivity index (χ2n) is 2.29. The van der Waals surface area contributed by atoms with E-state index in [1.54, 1.807) is 12.4 Å². The van der Waals surface area contributed by atoms with Crippen LogP contribution in [0.3, 0.4) is 0 Å². The van der Waals surface area contributed by atoms with Gasteiger partial charge in [-0.2, -0.15) is 0 Å². The van der Waals surface area contributed by atoms with Crippen molar-refractivity contribution in [2.45, 2.75) is 6.92 Å². The van der Waals surface area contributed by atoms with E-state index in [4.69, 9.17) is 18.7 Å². The lowest BCUT2D eigenvalue weighted by Gasteiger charge is -1.90. The molecule has 6 nitrogen and oxygen atoms in total. The minimum absolute atomic E-state index is 0.604. The Morgan fingerprint density at radius 3 is 2.31 bits per heavy atom. The predicted octanol–water partition coefficient (Wildman–Crippen LogP) is -1.05. The first kappa shape index (κ1) is 11.8. The van der Waals surface area contributed by atoms with E-state index in [1.165, 1.54) is 0 Å². The van der Waals surface area contributed by atoms with Crippen LogP contribution in [0.25, 0.3) is 0 Å². The van der Waals surface area contributed by atoms with Crippen LogP contribution < -0.4 is 10.7 Å². The van der Waals surface area contributed by atoms with Crippen molar-refractivity contribution in [1.29, 1.82) is 0 Å². The Hall–Kier alpha value is -1.21. The quantitative estimate of drug-likeness (QED) is 0.543. The van der Waals surface area contributed by atoms with Crippen LogP contribution in [-0.4, -0.2) is 24.2 Å². The van der Waals surface area contributed by atoms with E-state index < -0.39 is 10.1 Å². The van der Waals surface area contributed by atoms with E-state index in [0.29, 0.717) is 12.1 Å². The first-order valence-corrected chi connectivity index (χ1v) is 5.12. The van der Waals surface area contributed by atoms with Crippen LogP contribution in [0.15, 0.2) is 12.4 Å². The van der Waals surface area contributed by atoms with Crippen molar-refractivity contribution in [3.05, 3.63) is 18.1 Å². The van der Waals surface area contributed by atoms with Gasteiger partial charge in [0.25, 0.3) is 5.82 Å². The van der Waals surface area contributed by atoms with Crippen LogP contribution in [0.1, 0.15) is 5.69 Å². The van der Waals surface area contributed by atoms with Crippen molar-refractivity contribution in [3.63, 3.8) is 0 Å². The van der Waals surface area contributed by atoms with Gasteiger partial charge in [-0.05, 0) is 6.92 Å². The van der Waals surface area contributed by atoms with E-state index >= 15 is 0 Å². The van der Waals surface area contributed by atoms with E-state index in [1.807, 2.05) is 6.92 Å². The van der Waals surface area contributed by atoms with Crippen LogP contribution in [0, 0.1) is 6.92 Å². The number of aryl methyl sites for hydroxylation is 1. The minimum atomic E-state index is -3.92. The van der Waals surface area contributed by atoms with Crippen LogP contribution >= 0.6 is 0 Å². The van der Waals surface area contributed by atoms with Crippen molar-refractivity contribution in [3.8, 4) is 0 Å². The second kappa shape index (κ2) is 4.73. The molecule has 13 heavy (non-hydrogen) atoms. The molecule has 3 N–H and O–H groups in total. The summed E-state index contributed by atoms with van der Waals surface area (Å²) in [6.07, 6.45) is 3.97. The molecule has 0 aliphatic rings. The number of aromatic nitrogens is 2. The topological polar surface area (TPSA) is 110 Å². The maximum absolute atomic E-state index is 9.08. The highest BCUT2D eigenvalue weighted by Crippen LogP contribution is 1.92. The molecule has 0 amide bonds. The number of rotatable bonds is 0. The Morgan fingerprint density at radius 1 is 1.62 bits per heavy atom. The average molecular weight is 205 g/mol. The molecule has 74 valence electrons. The first-order valence-electron chi connectivity index (χ1n) is 3.30. The predicted molar refractivity (Wildman–Crippen MR) is 45.6 cm³/mol. The molecule has 0 spiro atoms. The summed E-state index contributed by atoms with van der Waals surface area (Å²) in [5, 5.41) is 0. The van der Waals surface area contributed by atoms with Gasteiger partial charge in [0.2, 0.25) is 0 Å². The molecule has 0 atom stereocenters. The number of nitrogens with zero attached hydrogens (tertiary/aromatic N) is 1. The highest BCUT2D eigenvalue weighted by atomic mass is 32.2. The lowest BCUT2D eigenvalue weighted by Crippen LogP contribution is -2.11. The van der Waals surface area contributed by atoms with Gasteiger partial charge in [-0.3, -0.25) is 5.73 Å². The monoisotopic (exact) mass is 205 g/mol. The Bertz CT molecular complexity index is 334. The zero-order chi connectivity index (χ0) is 10.5. The number of nitrogens with one attached hydrogen (secondary N) is 1. The van der Waals surface area contributed by atoms with Crippen molar-refractivity contribution in [2.24, 2.45) is 0 Å². The zero-order valence-electron chi connectivity index (χ0n) is 7.31. The van der Waals surface area contributed by atoms with Gasteiger partial charge in [-0.15, -0.1) is 0 Å². The molecule has 1 rings (SSSR count). The van der Waals surface area contributed by atoms with E-state index in [2.05, 4.69) is 9.97 Å². The number of aromatic amines is 1. The normalized spacial score (nSPS) is 10.1. The van der Waals surface area contributed by atoms with Gasteiger partial charge in [-0.25, -0.2) is 18.4 Å². The molecule has 1 aromatic rings. The second-order valence-corrected chi connectivity index (χ2v) is 3.70. The average Bonchev–Trinajstić information content (AvgIpc) is 1.92. The molecule has 0 aliphatic heterocycles. The van der Waals surface area contributed by atoms with E-state index in [9.17, 15) is 0 Å². The Labute approximate surface area is 76.6 Å². The minimum Gasteiger partial charge on any atom is -0.748 e. The summed E-state index contributed by atoms with van der Waals surface area (Å²) in [6.45, 7) is 1.85. The summed E-state index contributed by atoms with van der Waals surface area (Å²) >= 11 is 0. The van der Waals surface area contributed by atoms with Crippen LogP contribution in [0.2, 0.25) is 0 Å². The van der Waals surface area contributed by atoms with Crippen LogP contribution in [-0.2, 0) is 10.1 Å². The van der Waals surface area contributed by atoms with Crippen LogP contribution in [0.5, 0.6) is 0 Å². The van der Waals surface area contributed by atoms with Gasteiger partial charge >= 0.3 is 0 Å². The maximum Gasteiger partial charge on any atom is 0.291 e. The van der Waals surface area contributed by atoms with Gasteiger partial charge in [0.15, 0.2) is 0 Å². The number of nitrogens with two attached hydrogens (primary N) is 1. The van der Waals surface area contributed by atoms with Crippen molar-refractivity contribution < 1.29 is 18.0 Å². The molecule has 0 radical (unpaired) electrons. The molecule has 0 saturated heterocycles. The molecule has 0 bridgehead atoms. The molecular formula is C6H11N3O3S. The largest absolute Gasteiger partial charge is 0.748 e. The number of hydrogen-bond acceptors (Lipinski definition) is 5. The van der Waals surface area contributed by atoms with E-state index in [-0.39, 0.29) is 0 Å². The van der Waals surface area contributed by atoms with Crippen molar-refractivity contribution >= 4 is 15.9 Å². The summed E-state index contributed by atoms with van der Waals surface area (Å²) in [4.78, 5) is 6.74. The number of hydrogen-bond donors (Lipinski definition) is 1. The molecule has 0 aliphatic carbocycles. The molecular weight excluding hydrogens is 194 g/mol. The Balaban J connectivity index is 0.000000252. The summed E-state index contributed by atoms with van der Waals surface area (Å²) in [5.41, 5.74) is 6.24. The van der Waals surface area contributed by atoms with E-state index in [0.717, 1.165) is 5.69 Å². The smallest absolute Gasteiger partial charge is 0.291 e. The first-order chi connectivity index (χ1) is 5.80. The molecule has 7 heteroatoms. The van der Waals surface area contributed by atoms with Crippen molar-refractivity contribution in [2.75, 3.05) is 12.0 Å². The fourth-order valence-corrected chi connectivity index (χ4v) is 0.450. The zero-order valence-corrected chi connectivity index (χ0v) is 8.13. The Morgan fingerprint density at radius 2 is 2.08 bits per heavy atom. The molecule has 1 heterocycles. The van der Waals surface area contributed by atoms with Gasteiger partial charge in [-0.1, -0.05) is 0 Å². The molecule has 0 unspecified atom stereocenters. The van der Waals surface area contributed by atoms with Crippen molar-refractivity contribution in [1.82, 2.24) is 4.98 Å². The fourth-order valence-electron chi connectivity index (χ4n) is 0.450. The lowest BCUT2D eigenvalue weighted by molar-refractivity contribution is -0.361. The molecule has 0 fully saturated rings. The number of anilines is 1. The SMILES string of the molecule is CS(=O)(=O)[O-].Cc1ncc[nH+]c1N. The maximum atomic E-state index is 9.08. The summed E-state index contributed by atoms with van der Waals surface area (Å²) in [7, 11) is -3.92. The summed E-state index contributed by atoms with van der Waals surface area (Å²) < 4.78 is 27.2. The third kappa shape index (κ3) is 8.70. The third-order valence-corrected chi connectivity index (χ3v) is 0.971. The summed E-state index contributed by atoms with van der Waals surface area (Å²) in [5.74, 6) is 0.632. The molecule has 1 aromatic heterocycles. The number of H-pyrrole nitrogens is 1. The highest BCUT2D eigenvalue weighted by molar-refractivity contribution is 7.84. The highest BCUT2D eigenvalue weighted by Gasteiger charge is 1.94. The fraction of sp³-hybridized carbons (Fsp3) is 0.333. The molecule has 0 saturated carbocycles. The van der Waals surface area contributed by atoms with Gasteiger partial charge < -0.3 is 4.55 Å². The van der Waals surface area contributed by atoms with Gasteiger partial charge in [0, 0.05) is 6.26 Å². The van der Waals surface area contributed by atoms with Crippen LogP contribution in [0.4, 0.5) is 5.82 Å².